The van der Waals surface area contributed by atoms with E-state index >= 15 is 4.39 Å². The minimum absolute atomic E-state index is 0.0324. The van der Waals surface area contributed by atoms with Crippen LogP contribution in [-0.4, -0.2) is 37.8 Å². The molecule has 6 nitrogen and oxygen atoms in total. The van der Waals surface area contributed by atoms with Gasteiger partial charge in [-0.15, -0.1) is 10.2 Å². The van der Waals surface area contributed by atoms with Gasteiger partial charge in [0.15, 0.2) is 0 Å². The monoisotopic (exact) mass is 439 g/mol. The van der Waals surface area contributed by atoms with Gasteiger partial charge in [-0.2, -0.15) is 0 Å². The number of halogens is 2. The number of amides is 1. The van der Waals surface area contributed by atoms with Gasteiger partial charge >= 0.3 is 0 Å². The topological polar surface area (TPSA) is 79.5 Å². The lowest BCUT2D eigenvalue weighted by atomic mass is 9.92. The van der Waals surface area contributed by atoms with Crippen LogP contribution in [0.2, 0.25) is 0 Å². The van der Waals surface area contributed by atoms with E-state index in [9.17, 15) is 14.3 Å². The quantitative estimate of drug-likeness (QED) is 0.634. The summed E-state index contributed by atoms with van der Waals surface area (Å²) < 4.78 is 35.2. The number of carbonyl (C=O) groups is 1. The number of rotatable bonds is 5. The summed E-state index contributed by atoms with van der Waals surface area (Å²) in [5, 5.41) is 18.3. The molecule has 0 bridgehead atoms. The molecule has 32 heavy (non-hydrogen) atoms. The Hall–Kier alpha value is -3.13. The van der Waals surface area contributed by atoms with Gasteiger partial charge in [-0.3, -0.25) is 4.79 Å². The molecule has 1 amide bonds. The second-order valence-electron chi connectivity index (χ2n) is 9.15. The van der Waals surface area contributed by atoms with Gasteiger partial charge in [-0.25, -0.2) is 8.78 Å². The Morgan fingerprint density at radius 3 is 2.47 bits per heavy atom. The van der Waals surface area contributed by atoms with E-state index in [4.69, 9.17) is 4.42 Å². The van der Waals surface area contributed by atoms with E-state index < -0.39 is 17.2 Å². The molecule has 0 saturated heterocycles. The van der Waals surface area contributed by atoms with E-state index in [0.717, 1.165) is 12.8 Å². The van der Waals surface area contributed by atoms with Gasteiger partial charge in [-0.05, 0) is 61.9 Å². The van der Waals surface area contributed by atoms with Crippen molar-refractivity contribution in [3.63, 3.8) is 0 Å². The zero-order valence-electron chi connectivity index (χ0n) is 18.0. The molecule has 1 N–H and O–H groups in total. The van der Waals surface area contributed by atoms with Gasteiger partial charge in [0.2, 0.25) is 5.89 Å². The van der Waals surface area contributed by atoms with Crippen molar-refractivity contribution in [2.24, 2.45) is 5.92 Å². The van der Waals surface area contributed by atoms with E-state index in [2.05, 4.69) is 10.2 Å². The number of fused-ring (bicyclic) bond motifs is 1. The average molecular weight is 439 g/mol. The van der Waals surface area contributed by atoms with E-state index in [1.165, 1.54) is 18.2 Å². The van der Waals surface area contributed by atoms with Crippen LogP contribution in [-0.2, 0) is 6.54 Å². The molecule has 1 fully saturated rings. The first kappa shape index (κ1) is 20.8. The third-order valence-electron chi connectivity index (χ3n) is 6.20. The summed E-state index contributed by atoms with van der Waals surface area (Å²) in [6.45, 7) is 5.28. The highest BCUT2D eigenvalue weighted by molar-refractivity contribution is 6.05. The molecule has 2 heterocycles. The maximum Gasteiger partial charge on any atom is 0.255 e. The maximum atomic E-state index is 15.0. The molecule has 166 valence electrons. The Labute approximate surface area is 183 Å². The minimum atomic E-state index is -1.09. The van der Waals surface area contributed by atoms with Crippen molar-refractivity contribution in [1.29, 1.82) is 0 Å². The normalized spacial score (nSPS) is 17.1. The van der Waals surface area contributed by atoms with Crippen molar-refractivity contribution in [1.82, 2.24) is 15.1 Å². The predicted molar refractivity (Wildman–Crippen MR) is 113 cm³/mol. The van der Waals surface area contributed by atoms with Crippen molar-refractivity contribution in [3.05, 3.63) is 59.0 Å². The highest BCUT2D eigenvalue weighted by Crippen LogP contribution is 2.44. The average Bonchev–Trinajstić information content (AvgIpc) is 3.37. The number of benzene rings is 2. The van der Waals surface area contributed by atoms with Crippen LogP contribution in [0.4, 0.5) is 8.78 Å². The Morgan fingerprint density at radius 1 is 1.12 bits per heavy atom. The lowest BCUT2D eigenvalue weighted by Gasteiger charge is -2.37. The molecule has 1 aliphatic carbocycles. The molecule has 0 spiro atoms. The molecule has 1 saturated carbocycles. The summed E-state index contributed by atoms with van der Waals surface area (Å²) in [4.78, 5) is 15.1. The summed E-state index contributed by atoms with van der Waals surface area (Å²) in [7, 11) is 0. The van der Waals surface area contributed by atoms with Crippen LogP contribution in [0.5, 0.6) is 0 Å². The molecule has 8 heteroatoms. The lowest BCUT2D eigenvalue weighted by Crippen LogP contribution is -2.51. The zero-order valence-corrected chi connectivity index (χ0v) is 18.0. The van der Waals surface area contributed by atoms with Crippen LogP contribution in [0, 0.1) is 24.5 Å². The Kier molecular flexibility index (Phi) is 4.67. The van der Waals surface area contributed by atoms with Crippen molar-refractivity contribution in [2.45, 2.75) is 51.8 Å². The van der Waals surface area contributed by atoms with Gasteiger partial charge in [-0.1, -0.05) is 12.1 Å². The first-order valence-corrected chi connectivity index (χ1v) is 10.6. The fourth-order valence-electron chi connectivity index (χ4n) is 4.78. The standard InChI is InChI=1S/C24H23F2N3O3/c1-12-27-28-22(32-12)16-8-6-14(10-18(16)26)19-17(25)9-7-15-11-29(23(30)20(15)19)21(13-4-5-13)24(2,3)31/h6-10,13,21,31H,4-5,11H2,1-3H3/t21-/m1/s1. The first-order chi connectivity index (χ1) is 15.1. The summed E-state index contributed by atoms with van der Waals surface area (Å²) in [5.41, 5.74) is 0.212. The van der Waals surface area contributed by atoms with Crippen molar-refractivity contribution in [3.8, 4) is 22.6 Å². The molecule has 0 radical (unpaired) electrons. The van der Waals surface area contributed by atoms with Gasteiger partial charge < -0.3 is 14.4 Å². The second-order valence-corrected chi connectivity index (χ2v) is 9.15. The fourth-order valence-corrected chi connectivity index (χ4v) is 4.78. The second kappa shape index (κ2) is 7.20. The molecule has 5 rings (SSSR count). The molecule has 1 aromatic heterocycles. The number of aliphatic hydroxyl groups is 1. The minimum Gasteiger partial charge on any atom is -0.421 e. The third-order valence-corrected chi connectivity index (χ3v) is 6.20. The molecule has 1 aliphatic heterocycles. The largest absolute Gasteiger partial charge is 0.421 e. The van der Waals surface area contributed by atoms with Crippen molar-refractivity contribution >= 4 is 5.91 Å². The first-order valence-electron chi connectivity index (χ1n) is 10.6. The van der Waals surface area contributed by atoms with E-state index in [0.29, 0.717) is 11.5 Å². The van der Waals surface area contributed by atoms with Crippen molar-refractivity contribution in [2.75, 3.05) is 0 Å². The number of carbonyl (C=O) groups excluding carboxylic acids is 1. The fraction of sp³-hybridized carbons (Fsp3) is 0.375. The van der Waals surface area contributed by atoms with Crippen LogP contribution < -0.4 is 0 Å². The summed E-state index contributed by atoms with van der Waals surface area (Å²) in [6.07, 6.45) is 1.88. The predicted octanol–water partition coefficient (Wildman–Crippen LogP) is 4.50. The van der Waals surface area contributed by atoms with E-state index in [-0.39, 0.29) is 52.6 Å². The third kappa shape index (κ3) is 3.39. The van der Waals surface area contributed by atoms with Gasteiger partial charge in [0.25, 0.3) is 11.8 Å². The van der Waals surface area contributed by atoms with Crippen LogP contribution in [0.25, 0.3) is 22.6 Å². The Balaban J connectivity index is 1.57. The number of nitrogens with zero attached hydrogens (tertiary/aromatic N) is 3. The molecular weight excluding hydrogens is 416 g/mol. The molecule has 2 aromatic carbocycles. The number of hydrogen-bond donors (Lipinski definition) is 1. The highest BCUT2D eigenvalue weighted by atomic mass is 19.1. The van der Waals surface area contributed by atoms with Crippen molar-refractivity contribution < 1.29 is 23.1 Å². The van der Waals surface area contributed by atoms with Gasteiger partial charge in [0.1, 0.15) is 11.6 Å². The van der Waals surface area contributed by atoms with Gasteiger partial charge in [0, 0.05) is 19.0 Å². The summed E-state index contributed by atoms with van der Waals surface area (Å²) in [6, 6.07) is 6.69. The molecule has 0 unspecified atom stereocenters. The van der Waals surface area contributed by atoms with Crippen LogP contribution in [0.3, 0.4) is 0 Å². The molecular formula is C24H23F2N3O3. The number of aromatic nitrogens is 2. The van der Waals surface area contributed by atoms with Crippen LogP contribution >= 0.6 is 0 Å². The zero-order chi connectivity index (χ0) is 22.8. The van der Waals surface area contributed by atoms with Crippen LogP contribution in [0.15, 0.2) is 34.7 Å². The Bertz CT molecular complexity index is 1230. The SMILES string of the molecule is Cc1nnc(-c2ccc(-c3c(F)ccc4c3C(=O)N([C@H](C3CC3)C(C)(C)O)C4)cc2F)o1. The maximum absolute atomic E-state index is 15.0. The number of aryl methyl sites for hydroxylation is 1. The van der Waals surface area contributed by atoms with E-state index in [1.54, 1.807) is 37.8 Å². The molecule has 1 atom stereocenters. The molecule has 2 aliphatic rings. The molecule has 3 aromatic rings. The summed E-state index contributed by atoms with van der Waals surface area (Å²) in [5.74, 6) is -1.05. The van der Waals surface area contributed by atoms with Gasteiger partial charge in [0.05, 0.1) is 22.8 Å². The Morgan fingerprint density at radius 2 is 1.88 bits per heavy atom. The van der Waals surface area contributed by atoms with E-state index in [1.807, 2.05) is 0 Å². The highest BCUT2D eigenvalue weighted by Gasteiger charge is 2.48. The number of hydrogen-bond acceptors (Lipinski definition) is 5. The smallest absolute Gasteiger partial charge is 0.255 e. The lowest BCUT2D eigenvalue weighted by molar-refractivity contribution is -0.0224. The summed E-state index contributed by atoms with van der Waals surface area (Å²) >= 11 is 0. The van der Waals surface area contributed by atoms with Crippen LogP contribution in [0.1, 0.15) is 48.5 Å².